The first-order chi connectivity index (χ1) is 11.1. The zero-order valence-corrected chi connectivity index (χ0v) is 14.9. The molecule has 0 aliphatic heterocycles. The molecular formula is C16H23N5O3. The number of amides is 1. The summed E-state index contributed by atoms with van der Waals surface area (Å²) in [5.74, 6) is -0.461. The van der Waals surface area contributed by atoms with Crippen molar-refractivity contribution in [3.05, 3.63) is 49.5 Å². The molecule has 0 aliphatic carbocycles. The largest absolute Gasteiger partial charge is 0.349 e. The Kier molecular flexibility index (Phi) is 4.77. The summed E-state index contributed by atoms with van der Waals surface area (Å²) in [6.07, 6.45) is 0. The predicted molar refractivity (Wildman–Crippen MR) is 90.4 cm³/mol. The third kappa shape index (κ3) is 3.04. The second-order valence-corrected chi connectivity index (χ2v) is 6.07. The monoisotopic (exact) mass is 333 g/mol. The van der Waals surface area contributed by atoms with E-state index in [2.05, 4.69) is 10.4 Å². The van der Waals surface area contributed by atoms with E-state index in [9.17, 15) is 14.4 Å². The fourth-order valence-electron chi connectivity index (χ4n) is 2.54. The smallest absolute Gasteiger partial charge is 0.331 e. The highest BCUT2D eigenvalue weighted by Crippen LogP contribution is 2.15. The van der Waals surface area contributed by atoms with Crippen molar-refractivity contribution in [1.29, 1.82) is 0 Å². The van der Waals surface area contributed by atoms with Crippen molar-refractivity contribution in [2.45, 2.75) is 33.7 Å². The molecule has 0 fully saturated rings. The van der Waals surface area contributed by atoms with Gasteiger partial charge in [0, 0.05) is 32.4 Å². The van der Waals surface area contributed by atoms with Crippen LogP contribution in [0.1, 0.15) is 40.4 Å². The van der Waals surface area contributed by atoms with E-state index in [1.165, 1.54) is 14.1 Å². The second kappa shape index (κ2) is 6.46. The molecule has 130 valence electrons. The summed E-state index contributed by atoms with van der Waals surface area (Å²) in [5.41, 5.74) is 2.14. The molecule has 1 atom stereocenters. The van der Waals surface area contributed by atoms with Gasteiger partial charge in [-0.2, -0.15) is 5.10 Å². The highest BCUT2D eigenvalue weighted by molar-refractivity contribution is 5.92. The minimum atomic E-state index is -0.533. The van der Waals surface area contributed by atoms with Crippen molar-refractivity contribution in [3.8, 4) is 0 Å². The van der Waals surface area contributed by atoms with E-state index >= 15 is 0 Å². The van der Waals surface area contributed by atoms with E-state index in [1.54, 1.807) is 0 Å². The zero-order valence-electron chi connectivity index (χ0n) is 14.9. The van der Waals surface area contributed by atoms with E-state index in [1.807, 2.05) is 32.4 Å². The van der Waals surface area contributed by atoms with Gasteiger partial charge in [0.05, 0.1) is 11.7 Å². The Morgan fingerprint density at radius 2 is 1.83 bits per heavy atom. The van der Waals surface area contributed by atoms with E-state index in [0.717, 1.165) is 32.2 Å². The van der Waals surface area contributed by atoms with Crippen molar-refractivity contribution >= 4 is 5.91 Å². The summed E-state index contributed by atoms with van der Waals surface area (Å²) >= 11 is 0. The number of aromatic nitrogens is 4. The van der Waals surface area contributed by atoms with Crippen LogP contribution in [-0.2, 0) is 14.1 Å². The maximum atomic E-state index is 12.3. The molecule has 0 saturated carbocycles. The van der Waals surface area contributed by atoms with E-state index in [0.29, 0.717) is 6.54 Å². The molecule has 2 aromatic rings. The van der Waals surface area contributed by atoms with Crippen LogP contribution in [-0.4, -0.2) is 31.4 Å². The average molecular weight is 333 g/mol. The van der Waals surface area contributed by atoms with Crippen molar-refractivity contribution in [2.24, 2.45) is 14.1 Å². The molecule has 24 heavy (non-hydrogen) atoms. The van der Waals surface area contributed by atoms with Crippen LogP contribution in [0.15, 0.2) is 15.7 Å². The van der Waals surface area contributed by atoms with Gasteiger partial charge in [-0.25, -0.2) is 4.79 Å². The molecular weight excluding hydrogens is 310 g/mol. The molecule has 0 unspecified atom stereocenters. The number of rotatable bonds is 4. The standard InChI is InChI=1S/C16H23N5O3/c1-9(21-12(4)10(2)11(3)18-21)8-17-15(23)13-7-14(22)20(6)16(24)19(13)5/h7,9H,8H2,1-6H3,(H,17,23)/t9-/m1/s1. The summed E-state index contributed by atoms with van der Waals surface area (Å²) in [6, 6.07) is 1.11. The first kappa shape index (κ1) is 17.7. The lowest BCUT2D eigenvalue weighted by Crippen LogP contribution is -2.41. The Bertz CT molecular complexity index is 904. The van der Waals surface area contributed by atoms with Gasteiger partial charge >= 0.3 is 5.69 Å². The quantitative estimate of drug-likeness (QED) is 0.865. The molecule has 0 bridgehead atoms. The highest BCUT2D eigenvalue weighted by Gasteiger charge is 2.17. The van der Waals surface area contributed by atoms with Crippen molar-refractivity contribution in [1.82, 2.24) is 24.2 Å². The van der Waals surface area contributed by atoms with E-state index < -0.39 is 17.2 Å². The maximum absolute atomic E-state index is 12.3. The molecule has 0 spiro atoms. The third-order valence-corrected chi connectivity index (χ3v) is 4.42. The summed E-state index contributed by atoms with van der Waals surface area (Å²) in [7, 11) is 2.84. The van der Waals surface area contributed by atoms with Gasteiger partial charge in [0.25, 0.3) is 11.5 Å². The van der Waals surface area contributed by atoms with Crippen LogP contribution >= 0.6 is 0 Å². The molecule has 1 N–H and O–H groups in total. The number of nitrogens with zero attached hydrogens (tertiary/aromatic N) is 4. The first-order valence-corrected chi connectivity index (χ1v) is 7.72. The van der Waals surface area contributed by atoms with Crippen LogP contribution in [0.2, 0.25) is 0 Å². The van der Waals surface area contributed by atoms with Gasteiger partial charge in [-0.05, 0) is 33.3 Å². The van der Waals surface area contributed by atoms with Crippen LogP contribution in [0, 0.1) is 20.8 Å². The SMILES string of the molecule is Cc1nn([C@H](C)CNC(=O)c2cc(=O)n(C)c(=O)n2C)c(C)c1C. The van der Waals surface area contributed by atoms with Gasteiger partial charge in [0.15, 0.2) is 0 Å². The van der Waals surface area contributed by atoms with Crippen LogP contribution < -0.4 is 16.6 Å². The normalized spacial score (nSPS) is 12.2. The Morgan fingerprint density at radius 1 is 1.21 bits per heavy atom. The lowest BCUT2D eigenvalue weighted by Gasteiger charge is -2.16. The number of hydrogen-bond acceptors (Lipinski definition) is 4. The van der Waals surface area contributed by atoms with E-state index in [-0.39, 0.29) is 11.7 Å². The number of carbonyl (C=O) groups is 1. The lowest BCUT2D eigenvalue weighted by atomic mass is 10.2. The topological polar surface area (TPSA) is 90.9 Å². The summed E-state index contributed by atoms with van der Waals surface area (Å²) in [4.78, 5) is 35.9. The molecule has 0 aliphatic rings. The minimum Gasteiger partial charge on any atom is -0.349 e. The van der Waals surface area contributed by atoms with Crippen molar-refractivity contribution in [2.75, 3.05) is 6.54 Å². The summed E-state index contributed by atoms with van der Waals surface area (Å²) < 4.78 is 3.99. The fraction of sp³-hybridized carbons (Fsp3) is 0.500. The Morgan fingerprint density at radius 3 is 2.38 bits per heavy atom. The second-order valence-electron chi connectivity index (χ2n) is 6.07. The van der Waals surface area contributed by atoms with Crippen LogP contribution in [0.5, 0.6) is 0 Å². The molecule has 0 saturated heterocycles. The van der Waals surface area contributed by atoms with Crippen LogP contribution in [0.25, 0.3) is 0 Å². The Balaban J connectivity index is 2.18. The number of aryl methyl sites for hydroxylation is 1. The Hall–Kier alpha value is -2.64. The van der Waals surface area contributed by atoms with Crippen LogP contribution in [0.4, 0.5) is 0 Å². The van der Waals surface area contributed by atoms with Gasteiger partial charge in [0.2, 0.25) is 0 Å². The molecule has 8 nitrogen and oxygen atoms in total. The molecule has 2 aromatic heterocycles. The molecule has 1 amide bonds. The average Bonchev–Trinajstić information content (AvgIpc) is 2.81. The van der Waals surface area contributed by atoms with Gasteiger partial charge in [-0.3, -0.25) is 23.4 Å². The summed E-state index contributed by atoms with van der Waals surface area (Å²) in [5, 5.41) is 7.23. The maximum Gasteiger partial charge on any atom is 0.331 e. The van der Waals surface area contributed by atoms with Gasteiger partial charge in [-0.15, -0.1) is 0 Å². The highest BCUT2D eigenvalue weighted by atomic mass is 16.2. The first-order valence-electron chi connectivity index (χ1n) is 7.72. The number of hydrogen-bond donors (Lipinski definition) is 1. The predicted octanol–water partition coefficient (Wildman–Crippen LogP) is 0.197. The van der Waals surface area contributed by atoms with Crippen LogP contribution in [0.3, 0.4) is 0 Å². The molecule has 2 heterocycles. The third-order valence-electron chi connectivity index (χ3n) is 4.42. The number of carbonyl (C=O) groups excluding carboxylic acids is 1. The van der Waals surface area contributed by atoms with Gasteiger partial charge in [0.1, 0.15) is 5.69 Å². The minimum absolute atomic E-state index is 0.0415. The van der Waals surface area contributed by atoms with Crippen molar-refractivity contribution in [3.63, 3.8) is 0 Å². The van der Waals surface area contributed by atoms with Crippen molar-refractivity contribution < 1.29 is 4.79 Å². The Labute approximate surface area is 139 Å². The number of nitrogens with one attached hydrogen (secondary N) is 1. The molecule has 8 heteroatoms. The molecule has 0 radical (unpaired) electrons. The fourth-order valence-corrected chi connectivity index (χ4v) is 2.54. The molecule has 0 aromatic carbocycles. The van der Waals surface area contributed by atoms with E-state index in [4.69, 9.17) is 0 Å². The van der Waals surface area contributed by atoms with Gasteiger partial charge < -0.3 is 5.32 Å². The summed E-state index contributed by atoms with van der Waals surface area (Å²) in [6.45, 7) is 8.22. The molecule has 2 rings (SSSR count). The van der Waals surface area contributed by atoms with Gasteiger partial charge in [-0.1, -0.05) is 0 Å². The zero-order chi connectivity index (χ0) is 18.2. The lowest BCUT2D eigenvalue weighted by molar-refractivity contribution is 0.0937.